The van der Waals surface area contributed by atoms with Crippen LogP contribution in [-0.4, -0.2) is 36.8 Å². The first kappa shape index (κ1) is 33.0. The Morgan fingerprint density at radius 3 is 2.18 bits per heavy atom. The molecule has 8 heteroatoms. The van der Waals surface area contributed by atoms with Gasteiger partial charge in [0, 0.05) is 11.8 Å². The zero-order chi connectivity index (χ0) is 26.0. The zero-order valence-electron chi connectivity index (χ0n) is 20.7. The number of alkyl halides is 3. The Bertz CT molecular complexity index is 689. The average molecular weight is 477 g/mol. The number of allylic oxidation sites excluding steroid dienone is 2. The second kappa shape index (κ2) is 18.3. The van der Waals surface area contributed by atoms with Gasteiger partial charge in [0.25, 0.3) is 0 Å². The minimum atomic E-state index is -4.30. The summed E-state index contributed by atoms with van der Waals surface area (Å²) in [6.45, 7) is 14.9. The fraction of sp³-hybridized carbons (Fsp3) is 0.560. The Hall–Kier alpha value is -2.16. The molecule has 1 aromatic carbocycles. The Morgan fingerprint density at radius 1 is 1.21 bits per heavy atom. The van der Waals surface area contributed by atoms with Crippen LogP contribution in [0, 0.1) is 11.8 Å². The van der Waals surface area contributed by atoms with Crippen molar-refractivity contribution in [3.8, 4) is 5.75 Å². The number of halogens is 3. The molecule has 0 radical (unpaired) electrons. The lowest BCUT2D eigenvalue weighted by molar-refractivity contribution is -0.389. The third-order valence-electron chi connectivity index (χ3n) is 4.47. The van der Waals surface area contributed by atoms with Crippen LogP contribution in [0.4, 0.5) is 13.2 Å². The topological polar surface area (TPSA) is 65.0 Å². The number of carbonyl (C=O) groups excluding carboxylic acids is 1. The molecule has 5 nitrogen and oxygen atoms in total. The molecule has 1 heterocycles. The molecule has 1 fully saturated rings. The molecule has 0 spiro atoms. The fourth-order valence-corrected chi connectivity index (χ4v) is 2.83. The number of hydrogen-bond acceptors (Lipinski definition) is 5. The molecule has 1 saturated heterocycles. The van der Waals surface area contributed by atoms with Crippen LogP contribution in [0.25, 0.3) is 0 Å². The van der Waals surface area contributed by atoms with Crippen LogP contribution in [0.3, 0.4) is 0 Å². The maximum atomic E-state index is 12.0. The predicted octanol–water partition coefficient (Wildman–Crippen LogP) is 6.42. The summed E-state index contributed by atoms with van der Waals surface area (Å²) in [5.41, 5.74) is -0.693. The van der Waals surface area contributed by atoms with Gasteiger partial charge >= 0.3 is 6.18 Å². The minimum Gasteiger partial charge on any atom is -0.497 e. The maximum Gasteiger partial charge on any atom is 0.416 e. The molecule has 0 aromatic heterocycles. The first-order chi connectivity index (χ1) is 15.5. The number of ether oxygens (including phenoxy) is 1. The molecule has 190 valence electrons. The van der Waals surface area contributed by atoms with Crippen LogP contribution >= 0.6 is 0 Å². The van der Waals surface area contributed by atoms with E-state index in [0.717, 1.165) is 18.6 Å². The number of carbonyl (C=O) groups is 1. The van der Waals surface area contributed by atoms with Crippen molar-refractivity contribution >= 4 is 5.78 Å². The molecule has 0 aliphatic carbocycles. The number of benzene rings is 1. The summed E-state index contributed by atoms with van der Waals surface area (Å²) >= 11 is 0. The van der Waals surface area contributed by atoms with Gasteiger partial charge < -0.3 is 9.84 Å². The number of hydrogen-bond donors (Lipinski definition) is 1. The molecule has 0 saturated carbocycles. The van der Waals surface area contributed by atoms with Gasteiger partial charge in [0.15, 0.2) is 5.78 Å². The third kappa shape index (κ3) is 13.9. The lowest BCUT2D eigenvalue weighted by Gasteiger charge is -2.37. The highest BCUT2D eigenvalue weighted by atomic mass is 19.4. The SMILES string of the molecule is C=CC[C@@H]1C(/C=C/C)[C@@H](C)OO[C@H]1C.CC.CC(=O)CO.COc1cccc(C(F)(F)F)c1. The summed E-state index contributed by atoms with van der Waals surface area (Å²) in [6.07, 6.45) is 3.20. The Balaban J connectivity index is 0. The van der Waals surface area contributed by atoms with Crippen molar-refractivity contribution in [3.63, 3.8) is 0 Å². The van der Waals surface area contributed by atoms with Crippen LogP contribution in [0.2, 0.25) is 0 Å². The third-order valence-corrected chi connectivity index (χ3v) is 4.47. The summed E-state index contributed by atoms with van der Waals surface area (Å²) in [6, 6.07) is 4.74. The van der Waals surface area contributed by atoms with Crippen LogP contribution in [0.5, 0.6) is 5.75 Å². The maximum absolute atomic E-state index is 12.0. The monoisotopic (exact) mass is 476 g/mol. The normalized spacial score (nSPS) is 21.9. The number of ketones is 1. The second-order valence-corrected chi connectivity index (χ2v) is 6.98. The zero-order valence-corrected chi connectivity index (χ0v) is 20.7. The highest BCUT2D eigenvalue weighted by Crippen LogP contribution is 2.33. The highest BCUT2D eigenvalue weighted by molar-refractivity contribution is 5.76. The van der Waals surface area contributed by atoms with Gasteiger partial charge in [0.05, 0.1) is 24.9 Å². The molecule has 1 aliphatic rings. The molecular formula is C25H39F3O5. The predicted molar refractivity (Wildman–Crippen MR) is 125 cm³/mol. The van der Waals surface area contributed by atoms with E-state index < -0.39 is 11.7 Å². The standard InChI is InChI=1S/C12H20O2.C8H7F3O.C3H6O2.C2H6/c1-5-7-11-9(3)13-14-10(4)12(11)8-6-2;1-12-7-4-2-3-6(5-7)8(9,10)11;1-3(5)2-4;1-2/h5-6,8-12H,1,7H2,2-4H3;2-5H,1H3;4H,2H2,1H3;1-2H3/b8-6+;;;/t9-,10+,11-,12?;;;/m0.../s1. The highest BCUT2D eigenvalue weighted by Gasteiger charge is 2.35. The number of aliphatic hydroxyl groups is 1. The Labute approximate surface area is 196 Å². The van der Waals surface area contributed by atoms with Gasteiger partial charge in [-0.25, -0.2) is 9.78 Å². The first-order valence-electron chi connectivity index (χ1n) is 10.9. The van der Waals surface area contributed by atoms with Gasteiger partial charge in [0.1, 0.15) is 12.4 Å². The molecule has 4 atom stereocenters. The van der Waals surface area contributed by atoms with Gasteiger partial charge in [-0.3, -0.25) is 4.79 Å². The molecule has 1 aliphatic heterocycles. The van der Waals surface area contributed by atoms with Gasteiger partial charge in [-0.1, -0.05) is 38.1 Å². The van der Waals surface area contributed by atoms with E-state index in [9.17, 15) is 18.0 Å². The van der Waals surface area contributed by atoms with Crippen LogP contribution < -0.4 is 4.74 Å². The van der Waals surface area contributed by atoms with E-state index in [1.807, 2.05) is 33.8 Å². The molecule has 1 aromatic rings. The smallest absolute Gasteiger partial charge is 0.416 e. The van der Waals surface area contributed by atoms with Crippen molar-refractivity contribution in [2.24, 2.45) is 11.8 Å². The van der Waals surface area contributed by atoms with Crippen LogP contribution in [0.1, 0.15) is 53.5 Å². The summed E-state index contributed by atoms with van der Waals surface area (Å²) in [5.74, 6) is 0.934. The fourth-order valence-electron chi connectivity index (χ4n) is 2.83. The quantitative estimate of drug-likeness (QED) is 0.393. The summed E-state index contributed by atoms with van der Waals surface area (Å²) < 4.78 is 40.8. The van der Waals surface area contributed by atoms with E-state index in [1.165, 1.54) is 26.2 Å². The average Bonchev–Trinajstić information content (AvgIpc) is 2.80. The van der Waals surface area contributed by atoms with Crippen LogP contribution in [-0.2, 0) is 20.7 Å². The largest absolute Gasteiger partial charge is 0.497 e. The molecule has 1 N–H and O–H groups in total. The molecule has 2 rings (SSSR count). The summed E-state index contributed by atoms with van der Waals surface area (Å²) in [7, 11) is 1.33. The van der Waals surface area contributed by atoms with E-state index in [2.05, 4.69) is 30.4 Å². The molecule has 33 heavy (non-hydrogen) atoms. The number of Topliss-reactive ketones (excluding diaryl/α,β-unsaturated/α-hetero) is 1. The Kier molecular flexibility index (Phi) is 18.3. The van der Waals surface area contributed by atoms with Gasteiger partial charge in [-0.05, 0) is 52.3 Å². The molecule has 1 unspecified atom stereocenters. The van der Waals surface area contributed by atoms with E-state index in [4.69, 9.17) is 14.9 Å². The van der Waals surface area contributed by atoms with Crippen molar-refractivity contribution < 1.29 is 37.6 Å². The number of methoxy groups -OCH3 is 1. The van der Waals surface area contributed by atoms with Crippen molar-refractivity contribution in [2.45, 2.75) is 66.3 Å². The summed E-state index contributed by atoms with van der Waals surface area (Å²) in [4.78, 5) is 20.1. The van der Waals surface area contributed by atoms with Gasteiger partial charge in [0.2, 0.25) is 0 Å². The van der Waals surface area contributed by atoms with E-state index in [1.54, 1.807) is 0 Å². The second-order valence-electron chi connectivity index (χ2n) is 6.98. The lowest BCUT2D eigenvalue weighted by Crippen LogP contribution is -2.40. The van der Waals surface area contributed by atoms with Crippen LogP contribution in [0.15, 0.2) is 49.1 Å². The lowest BCUT2D eigenvalue weighted by atomic mass is 9.81. The Morgan fingerprint density at radius 2 is 1.76 bits per heavy atom. The molecule has 0 amide bonds. The molecule has 0 bridgehead atoms. The van der Waals surface area contributed by atoms with Gasteiger partial charge in [-0.15, -0.1) is 6.58 Å². The minimum absolute atomic E-state index is 0.132. The molecular weight excluding hydrogens is 437 g/mol. The van der Waals surface area contributed by atoms with Crippen molar-refractivity contribution in [1.29, 1.82) is 0 Å². The first-order valence-corrected chi connectivity index (χ1v) is 10.9. The number of rotatable bonds is 5. The van der Waals surface area contributed by atoms with E-state index in [-0.39, 0.29) is 30.3 Å². The van der Waals surface area contributed by atoms with Crippen molar-refractivity contribution in [2.75, 3.05) is 13.7 Å². The number of aliphatic hydroxyl groups excluding tert-OH is 1. The van der Waals surface area contributed by atoms with Crippen molar-refractivity contribution in [1.82, 2.24) is 0 Å². The summed E-state index contributed by atoms with van der Waals surface area (Å²) in [5, 5.41) is 7.79. The van der Waals surface area contributed by atoms with E-state index >= 15 is 0 Å². The van der Waals surface area contributed by atoms with Gasteiger partial charge in [-0.2, -0.15) is 13.2 Å². The van der Waals surface area contributed by atoms with Crippen molar-refractivity contribution in [3.05, 3.63) is 54.6 Å². The van der Waals surface area contributed by atoms with E-state index in [0.29, 0.717) is 11.8 Å².